The summed E-state index contributed by atoms with van der Waals surface area (Å²) in [5, 5.41) is 2.20. The third-order valence-corrected chi connectivity index (χ3v) is 4.56. The van der Waals surface area contributed by atoms with Crippen LogP contribution in [0.1, 0.15) is 19.8 Å². The molecule has 0 spiro atoms. The summed E-state index contributed by atoms with van der Waals surface area (Å²) in [6.07, 6.45) is 4.39. The maximum absolute atomic E-state index is 11.4. The highest BCUT2D eigenvalue weighted by molar-refractivity contribution is 7.92. The van der Waals surface area contributed by atoms with Crippen LogP contribution in [0.15, 0.2) is 12.2 Å². The molecule has 1 atom stereocenters. The summed E-state index contributed by atoms with van der Waals surface area (Å²) >= 11 is 0. The molecule has 1 saturated heterocycles. The third kappa shape index (κ3) is 2.83. The standard InChI is InChI=1S/C9H15NO3S/c1-2-4-9(11)10-7-8-5-3-6-14(8,12)13/h2,4,8H,3,5-7H2,1H3,(H,10,11)/b4-2+. The quantitative estimate of drug-likeness (QED) is 0.689. The molecule has 5 heteroatoms. The molecule has 0 aromatic carbocycles. The number of hydrogen-bond donors (Lipinski definition) is 1. The molecule has 1 rings (SSSR count). The van der Waals surface area contributed by atoms with E-state index in [-0.39, 0.29) is 23.5 Å². The van der Waals surface area contributed by atoms with E-state index in [0.29, 0.717) is 12.8 Å². The van der Waals surface area contributed by atoms with Crippen LogP contribution < -0.4 is 5.32 Å². The summed E-state index contributed by atoms with van der Waals surface area (Å²) in [4.78, 5) is 11.0. The van der Waals surface area contributed by atoms with Crippen molar-refractivity contribution >= 4 is 15.7 Å². The predicted octanol–water partition coefficient (Wildman–Crippen LogP) is 0.256. The number of amides is 1. The van der Waals surface area contributed by atoms with Crippen LogP contribution in [-0.2, 0) is 14.6 Å². The van der Waals surface area contributed by atoms with E-state index in [1.807, 2.05) is 0 Å². The maximum Gasteiger partial charge on any atom is 0.243 e. The second kappa shape index (κ2) is 4.59. The fraction of sp³-hybridized carbons (Fsp3) is 0.667. The Kier molecular flexibility index (Phi) is 3.69. The van der Waals surface area contributed by atoms with E-state index < -0.39 is 9.84 Å². The first-order valence-corrected chi connectivity index (χ1v) is 6.40. The number of nitrogens with one attached hydrogen (secondary N) is 1. The Balaban J connectivity index is 2.43. The molecule has 1 N–H and O–H groups in total. The van der Waals surface area contributed by atoms with Crippen molar-refractivity contribution in [2.75, 3.05) is 12.3 Å². The zero-order chi connectivity index (χ0) is 10.6. The van der Waals surface area contributed by atoms with E-state index in [1.54, 1.807) is 13.0 Å². The van der Waals surface area contributed by atoms with E-state index in [4.69, 9.17) is 0 Å². The normalized spacial score (nSPS) is 25.4. The van der Waals surface area contributed by atoms with E-state index in [9.17, 15) is 13.2 Å². The van der Waals surface area contributed by atoms with Gasteiger partial charge in [-0.2, -0.15) is 0 Å². The highest BCUT2D eigenvalue weighted by atomic mass is 32.2. The van der Waals surface area contributed by atoms with Crippen LogP contribution in [0, 0.1) is 0 Å². The van der Waals surface area contributed by atoms with Crippen molar-refractivity contribution in [1.82, 2.24) is 5.32 Å². The average molecular weight is 217 g/mol. The molecule has 0 saturated carbocycles. The van der Waals surface area contributed by atoms with Gasteiger partial charge in [0.25, 0.3) is 0 Å². The molecular weight excluding hydrogens is 202 g/mol. The Morgan fingerprint density at radius 3 is 2.79 bits per heavy atom. The van der Waals surface area contributed by atoms with Crippen molar-refractivity contribution in [1.29, 1.82) is 0 Å². The van der Waals surface area contributed by atoms with Gasteiger partial charge in [-0.3, -0.25) is 4.79 Å². The number of carbonyl (C=O) groups excluding carboxylic acids is 1. The molecule has 0 bridgehead atoms. The molecule has 4 nitrogen and oxygen atoms in total. The summed E-state index contributed by atoms with van der Waals surface area (Å²) in [6, 6.07) is 0. The van der Waals surface area contributed by atoms with Gasteiger partial charge in [0.05, 0.1) is 11.0 Å². The molecule has 0 aromatic heterocycles. The van der Waals surface area contributed by atoms with Gasteiger partial charge in [-0.15, -0.1) is 0 Å². The fourth-order valence-electron chi connectivity index (χ4n) is 1.51. The summed E-state index contributed by atoms with van der Waals surface area (Å²) in [6.45, 7) is 1.98. The lowest BCUT2D eigenvalue weighted by Crippen LogP contribution is -2.33. The largest absolute Gasteiger partial charge is 0.351 e. The molecule has 1 amide bonds. The van der Waals surface area contributed by atoms with Crippen LogP contribution in [0.2, 0.25) is 0 Å². The molecule has 0 radical (unpaired) electrons. The molecule has 1 heterocycles. The molecule has 0 aromatic rings. The van der Waals surface area contributed by atoms with Crippen LogP contribution in [0.3, 0.4) is 0 Å². The minimum Gasteiger partial charge on any atom is -0.351 e. The van der Waals surface area contributed by atoms with Crippen molar-refractivity contribution < 1.29 is 13.2 Å². The average Bonchev–Trinajstić information content (AvgIpc) is 2.42. The summed E-state index contributed by atoms with van der Waals surface area (Å²) in [7, 11) is -2.94. The smallest absolute Gasteiger partial charge is 0.243 e. The lowest BCUT2D eigenvalue weighted by molar-refractivity contribution is -0.116. The lowest BCUT2D eigenvalue weighted by Gasteiger charge is -2.08. The van der Waals surface area contributed by atoms with Gasteiger partial charge in [0.1, 0.15) is 0 Å². The maximum atomic E-state index is 11.4. The molecule has 0 aliphatic carbocycles. The Hall–Kier alpha value is -0.840. The van der Waals surface area contributed by atoms with Crippen LogP contribution in [0.4, 0.5) is 0 Å². The van der Waals surface area contributed by atoms with Crippen molar-refractivity contribution in [3.05, 3.63) is 12.2 Å². The van der Waals surface area contributed by atoms with Crippen molar-refractivity contribution in [3.63, 3.8) is 0 Å². The predicted molar refractivity (Wildman–Crippen MR) is 54.6 cm³/mol. The number of sulfone groups is 1. The van der Waals surface area contributed by atoms with Gasteiger partial charge in [0, 0.05) is 6.54 Å². The highest BCUT2D eigenvalue weighted by Crippen LogP contribution is 2.18. The van der Waals surface area contributed by atoms with Gasteiger partial charge in [0.2, 0.25) is 5.91 Å². The van der Waals surface area contributed by atoms with E-state index in [2.05, 4.69) is 5.32 Å². The van der Waals surface area contributed by atoms with Crippen LogP contribution in [-0.4, -0.2) is 31.9 Å². The van der Waals surface area contributed by atoms with Crippen molar-refractivity contribution in [3.8, 4) is 0 Å². The Bertz CT molecular complexity index is 332. The van der Waals surface area contributed by atoms with Gasteiger partial charge in [-0.1, -0.05) is 6.08 Å². The Labute approximate surface area is 84.3 Å². The third-order valence-electron chi connectivity index (χ3n) is 2.28. The summed E-state index contributed by atoms with van der Waals surface area (Å²) in [5.41, 5.74) is 0. The number of carbonyl (C=O) groups is 1. The molecule has 1 fully saturated rings. The van der Waals surface area contributed by atoms with Gasteiger partial charge in [-0.25, -0.2) is 8.42 Å². The molecule has 1 unspecified atom stereocenters. The van der Waals surface area contributed by atoms with Gasteiger partial charge < -0.3 is 5.32 Å². The molecule has 1 aliphatic rings. The topological polar surface area (TPSA) is 63.2 Å². The number of hydrogen-bond acceptors (Lipinski definition) is 3. The molecule has 1 aliphatic heterocycles. The second-order valence-corrected chi connectivity index (χ2v) is 5.78. The van der Waals surface area contributed by atoms with Crippen molar-refractivity contribution in [2.24, 2.45) is 0 Å². The molecule has 14 heavy (non-hydrogen) atoms. The Morgan fingerprint density at radius 2 is 2.29 bits per heavy atom. The molecule has 80 valence electrons. The summed E-state index contributed by atoms with van der Waals surface area (Å²) < 4.78 is 22.7. The zero-order valence-corrected chi connectivity index (χ0v) is 9.01. The van der Waals surface area contributed by atoms with Gasteiger partial charge in [-0.05, 0) is 25.8 Å². The first-order chi connectivity index (χ1) is 6.56. The van der Waals surface area contributed by atoms with E-state index in [0.717, 1.165) is 0 Å². The highest BCUT2D eigenvalue weighted by Gasteiger charge is 2.30. The van der Waals surface area contributed by atoms with Crippen LogP contribution >= 0.6 is 0 Å². The SMILES string of the molecule is C/C=C/C(=O)NCC1CCCS1(=O)=O. The first-order valence-electron chi connectivity index (χ1n) is 4.68. The fourth-order valence-corrected chi connectivity index (χ4v) is 3.28. The Morgan fingerprint density at radius 1 is 1.57 bits per heavy atom. The molecular formula is C9H15NO3S. The lowest BCUT2D eigenvalue weighted by atomic mass is 10.2. The summed E-state index contributed by atoms with van der Waals surface area (Å²) in [5.74, 6) is 0.0338. The van der Waals surface area contributed by atoms with Crippen LogP contribution in [0.5, 0.6) is 0 Å². The second-order valence-electron chi connectivity index (χ2n) is 3.38. The van der Waals surface area contributed by atoms with Gasteiger partial charge >= 0.3 is 0 Å². The van der Waals surface area contributed by atoms with E-state index >= 15 is 0 Å². The van der Waals surface area contributed by atoms with E-state index in [1.165, 1.54) is 6.08 Å². The number of allylic oxidation sites excluding steroid dienone is 1. The first kappa shape index (κ1) is 11.2. The zero-order valence-electron chi connectivity index (χ0n) is 8.19. The van der Waals surface area contributed by atoms with Gasteiger partial charge in [0.15, 0.2) is 9.84 Å². The van der Waals surface area contributed by atoms with Crippen molar-refractivity contribution in [2.45, 2.75) is 25.0 Å². The number of rotatable bonds is 3. The van der Waals surface area contributed by atoms with Crippen LogP contribution in [0.25, 0.3) is 0 Å². The monoisotopic (exact) mass is 217 g/mol. The minimum atomic E-state index is -2.94. The minimum absolute atomic E-state index is 0.227.